The van der Waals surface area contributed by atoms with Crippen LogP contribution in [-0.4, -0.2) is 36.5 Å². The predicted octanol–water partition coefficient (Wildman–Crippen LogP) is 1.71. The van der Waals surface area contributed by atoms with Crippen molar-refractivity contribution in [3.05, 3.63) is 48.6 Å². The van der Waals surface area contributed by atoms with Crippen molar-refractivity contribution in [2.45, 2.75) is 12.5 Å². The minimum Gasteiger partial charge on any atom is -0.333 e. The van der Waals surface area contributed by atoms with Crippen LogP contribution in [-0.2, 0) is 6.42 Å². The highest BCUT2D eigenvalue weighted by atomic mass is 16.2. The molecule has 0 saturated carbocycles. The largest absolute Gasteiger partial charge is 0.333 e. The highest BCUT2D eigenvalue weighted by molar-refractivity contribution is 5.97. The van der Waals surface area contributed by atoms with Crippen molar-refractivity contribution in [1.82, 2.24) is 10.2 Å². The molecule has 0 radical (unpaired) electrons. The summed E-state index contributed by atoms with van der Waals surface area (Å²) in [6.07, 6.45) is 8.99. The first-order valence-corrected chi connectivity index (χ1v) is 6.29. The first-order valence-electron chi connectivity index (χ1n) is 6.29. The van der Waals surface area contributed by atoms with Gasteiger partial charge in [0.2, 0.25) is 0 Å². The molecule has 1 atom stereocenters. The molecule has 19 heavy (non-hydrogen) atoms. The van der Waals surface area contributed by atoms with Gasteiger partial charge in [0.1, 0.15) is 0 Å². The van der Waals surface area contributed by atoms with E-state index in [-0.39, 0.29) is 5.91 Å². The van der Waals surface area contributed by atoms with Crippen molar-refractivity contribution in [3.8, 4) is 12.8 Å². The molecular weight excluding hydrogens is 236 g/mol. The molecule has 1 fully saturated rings. The third kappa shape index (κ3) is 3.04. The number of carbonyl (C=O) groups excluding carboxylic acids is 1. The molecule has 3 nitrogen and oxygen atoms in total. The third-order valence-corrected chi connectivity index (χ3v) is 3.31. The quantitative estimate of drug-likeness (QED) is 0.566. The van der Waals surface area contributed by atoms with Crippen LogP contribution in [0.3, 0.4) is 0 Å². The van der Waals surface area contributed by atoms with Crippen LogP contribution >= 0.6 is 0 Å². The lowest BCUT2D eigenvalue weighted by Crippen LogP contribution is -2.56. The number of amides is 1. The molecule has 100 valence electrons. The van der Waals surface area contributed by atoms with Crippen LogP contribution in [0.2, 0.25) is 0 Å². The molecule has 1 N–H and O–H groups in total. The van der Waals surface area contributed by atoms with E-state index in [1.165, 1.54) is 5.56 Å². The third-order valence-electron chi connectivity index (χ3n) is 3.31. The molecule has 0 aromatic heterocycles. The van der Waals surface area contributed by atoms with Crippen molar-refractivity contribution in [2.75, 3.05) is 19.6 Å². The number of nitrogens with one attached hydrogen (secondary N) is 1. The van der Waals surface area contributed by atoms with Gasteiger partial charge in [-0.1, -0.05) is 18.2 Å². The second-order valence-electron chi connectivity index (χ2n) is 4.22. The molecule has 1 aromatic rings. The zero-order valence-corrected chi connectivity index (χ0v) is 11.1. The summed E-state index contributed by atoms with van der Waals surface area (Å²) < 4.78 is 0. The number of terminal acetylenes is 1. The van der Waals surface area contributed by atoms with Gasteiger partial charge in [0.15, 0.2) is 0 Å². The molecule has 1 amide bonds. The van der Waals surface area contributed by atoms with Gasteiger partial charge in [-0.15, -0.1) is 26.0 Å². The smallest absolute Gasteiger partial charge is 0.254 e. The first-order chi connectivity index (χ1) is 9.36. The molecule has 1 saturated heterocycles. The fraction of sp³-hybridized carbons (Fsp3) is 0.312. The second kappa shape index (κ2) is 7.40. The SMILES string of the molecule is C#C.C=C.O=C1c2ccccc2CC2CNCCN12. The Morgan fingerprint density at radius 2 is 1.95 bits per heavy atom. The summed E-state index contributed by atoms with van der Waals surface area (Å²) in [4.78, 5) is 14.2. The van der Waals surface area contributed by atoms with E-state index in [9.17, 15) is 4.79 Å². The van der Waals surface area contributed by atoms with E-state index >= 15 is 0 Å². The topological polar surface area (TPSA) is 32.3 Å². The van der Waals surface area contributed by atoms with Crippen LogP contribution in [0.25, 0.3) is 0 Å². The lowest BCUT2D eigenvalue weighted by molar-refractivity contribution is 0.0606. The number of nitrogens with zero attached hydrogens (tertiary/aromatic N) is 1. The minimum absolute atomic E-state index is 0.211. The summed E-state index contributed by atoms with van der Waals surface area (Å²) in [6, 6.07) is 8.33. The number of hydrogen-bond donors (Lipinski definition) is 1. The summed E-state index contributed by atoms with van der Waals surface area (Å²) in [5.41, 5.74) is 2.10. The number of hydrogen-bond acceptors (Lipinski definition) is 2. The van der Waals surface area contributed by atoms with Gasteiger partial charge in [0.25, 0.3) is 5.91 Å². The van der Waals surface area contributed by atoms with Crippen molar-refractivity contribution < 1.29 is 4.79 Å². The molecular formula is C16H20N2O. The fourth-order valence-corrected chi connectivity index (χ4v) is 2.53. The van der Waals surface area contributed by atoms with E-state index in [0.29, 0.717) is 6.04 Å². The van der Waals surface area contributed by atoms with E-state index in [4.69, 9.17) is 0 Å². The van der Waals surface area contributed by atoms with Gasteiger partial charge in [-0.3, -0.25) is 4.79 Å². The number of benzene rings is 1. The Hall–Kier alpha value is -2.05. The van der Waals surface area contributed by atoms with Gasteiger partial charge < -0.3 is 10.2 Å². The zero-order valence-electron chi connectivity index (χ0n) is 11.1. The average molecular weight is 256 g/mol. The Balaban J connectivity index is 0.000000415. The maximum atomic E-state index is 12.1. The van der Waals surface area contributed by atoms with E-state index in [0.717, 1.165) is 31.6 Å². The van der Waals surface area contributed by atoms with Crippen LogP contribution in [0.4, 0.5) is 0 Å². The first kappa shape index (κ1) is 15.0. The zero-order chi connectivity index (χ0) is 14.3. The maximum absolute atomic E-state index is 12.1. The van der Waals surface area contributed by atoms with Gasteiger partial charge in [-0.05, 0) is 18.1 Å². The number of fused-ring (bicyclic) bond motifs is 2. The van der Waals surface area contributed by atoms with Crippen LogP contribution in [0.15, 0.2) is 37.4 Å². The molecule has 2 aliphatic heterocycles. The molecule has 2 heterocycles. The molecule has 0 aliphatic carbocycles. The van der Waals surface area contributed by atoms with Gasteiger partial charge >= 0.3 is 0 Å². The normalized spacial score (nSPS) is 19.8. The molecule has 1 unspecified atom stereocenters. The minimum atomic E-state index is 0.211. The summed E-state index contributed by atoms with van der Waals surface area (Å²) in [5.74, 6) is 0.211. The molecule has 3 rings (SSSR count). The maximum Gasteiger partial charge on any atom is 0.254 e. The van der Waals surface area contributed by atoms with Gasteiger partial charge in [0.05, 0.1) is 0 Å². The van der Waals surface area contributed by atoms with E-state index < -0.39 is 0 Å². The highest BCUT2D eigenvalue weighted by Gasteiger charge is 2.33. The van der Waals surface area contributed by atoms with E-state index in [2.05, 4.69) is 37.4 Å². The molecule has 3 heteroatoms. The summed E-state index contributed by atoms with van der Waals surface area (Å²) in [5, 5.41) is 3.34. The highest BCUT2D eigenvalue weighted by Crippen LogP contribution is 2.23. The predicted molar refractivity (Wildman–Crippen MR) is 79.0 cm³/mol. The van der Waals surface area contributed by atoms with Crippen LogP contribution < -0.4 is 5.32 Å². The molecule has 2 aliphatic rings. The summed E-state index contributed by atoms with van der Waals surface area (Å²) >= 11 is 0. The summed E-state index contributed by atoms with van der Waals surface area (Å²) in [7, 11) is 0. The van der Waals surface area contributed by atoms with Crippen molar-refractivity contribution in [2.24, 2.45) is 0 Å². The lowest BCUT2D eigenvalue weighted by atomic mass is 9.92. The van der Waals surface area contributed by atoms with Crippen molar-refractivity contribution in [1.29, 1.82) is 0 Å². The average Bonchev–Trinajstić information content (AvgIpc) is 2.52. The van der Waals surface area contributed by atoms with Crippen LogP contribution in [0.1, 0.15) is 15.9 Å². The fourth-order valence-electron chi connectivity index (χ4n) is 2.53. The Bertz CT molecular complexity index is 453. The molecule has 1 aromatic carbocycles. The Morgan fingerprint density at radius 3 is 2.68 bits per heavy atom. The lowest BCUT2D eigenvalue weighted by Gasteiger charge is -2.40. The number of carbonyl (C=O) groups is 1. The Kier molecular flexibility index (Phi) is 5.84. The second-order valence-corrected chi connectivity index (χ2v) is 4.22. The van der Waals surface area contributed by atoms with Crippen molar-refractivity contribution >= 4 is 5.91 Å². The van der Waals surface area contributed by atoms with Crippen molar-refractivity contribution in [3.63, 3.8) is 0 Å². The number of rotatable bonds is 0. The Morgan fingerprint density at radius 1 is 1.26 bits per heavy atom. The van der Waals surface area contributed by atoms with Gasteiger partial charge in [-0.2, -0.15) is 0 Å². The molecule has 0 spiro atoms. The number of piperazine rings is 1. The van der Waals surface area contributed by atoms with E-state index in [1.54, 1.807) is 0 Å². The molecule has 0 bridgehead atoms. The van der Waals surface area contributed by atoms with Crippen LogP contribution in [0, 0.1) is 12.8 Å². The van der Waals surface area contributed by atoms with Crippen LogP contribution in [0.5, 0.6) is 0 Å². The monoisotopic (exact) mass is 256 g/mol. The van der Waals surface area contributed by atoms with Gasteiger partial charge in [-0.25, -0.2) is 0 Å². The van der Waals surface area contributed by atoms with Gasteiger partial charge in [0, 0.05) is 31.2 Å². The summed E-state index contributed by atoms with van der Waals surface area (Å²) in [6.45, 7) is 8.70. The Labute approximate surface area is 115 Å². The van der Waals surface area contributed by atoms with E-state index in [1.807, 2.05) is 23.1 Å². The standard InChI is InChI=1S/C12H14N2O.C2H4.C2H2/c15-12-11-4-2-1-3-9(11)7-10-8-13-5-6-14(10)12;2*1-2/h1-4,10,13H,5-8H2;1-2H2;1-2H.